The Morgan fingerprint density at radius 1 is 1.16 bits per heavy atom. The number of ether oxygens (including phenoxy) is 6. The predicted octanol–water partition coefficient (Wildman–Crippen LogP) is 4.19. The van der Waals surface area contributed by atoms with E-state index in [0.29, 0.717) is 37.7 Å². The van der Waals surface area contributed by atoms with Gasteiger partial charge in [0, 0.05) is 23.2 Å². The highest BCUT2D eigenvalue weighted by molar-refractivity contribution is 5.78. The Kier molecular flexibility index (Phi) is 5.89. The number of halogens is 3. The van der Waals surface area contributed by atoms with E-state index in [1.54, 1.807) is 7.11 Å². The van der Waals surface area contributed by atoms with Crippen molar-refractivity contribution in [1.29, 1.82) is 0 Å². The average Bonchev–Trinajstić information content (AvgIpc) is 3.57. The number of aldehydes is 1. The minimum absolute atomic E-state index is 0.0258. The van der Waals surface area contributed by atoms with Crippen molar-refractivity contribution in [3.05, 3.63) is 23.0 Å². The molecule has 4 aliphatic carbocycles. The largest absolute Gasteiger partial charge is 0.501 e. The summed E-state index contributed by atoms with van der Waals surface area (Å²) in [7, 11) is 1.56. The van der Waals surface area contributed by atoms with E-state index < -0.39 is 46.4 Å². The van der Waals surface area contributed by atoms with Crippen molar-refractivity contribution in [2.75, 3.05) is 27.3 Å². The molecule has 0 aromatic carbocycles. The number of carbonyl (C=O) groups is 2. The lowest BCUT2D eigenvalue weighted by atomic mass is 9.45. The van der Waals surface area contributed by atoms with Crippen molar-refractivity contribution in [2.45, 2.75) is 76.0 Å². The number of carbonyl (C=O) groups excluding carboxylic acids is 2. The minimum atomic E-state index is -5.13. The molecule has 0 bridgehead atoms. The van der Waals surface area contributed by atoms with Crippen LogP contribution in [-0.2, 0) is 38.0 Å². The average molecular weight is 543 g/mol. The molecule has 8 atom stereocenters. The van der Waals surface area contributed by atoms with Gasteiger partial charge in [-0.3, -0.25) is 4.79 Å². The van der Waals surface area contributed by atoms with Crippen LogP contribution in [-0.4, -0.2) is 63.2 Å². The van der Waals surface area contributed by atoms with Gasteiger partial charge in [0.1, 0.15) is 24.6 Å². The molecule has 2 saturated heterocycles. The third kappa shape index (κ3) is 3.31. The van der Waals surface area contributed by atoms with Crippen molar-refractivity contribution in [2.24, 2.45) is 28.6 Å². The van der Waals surface area contributed by atoms with Gasteiger partial charge in [-0.25, -0.2) is 4.79 Å². The molecule has 0 radical (unpaired) electrons. The number of methoxy groups -OCH3 is 1. The summed E-state index contributed by atoms with van der Waals surface area (Å²) in [5.74, 6) is -3.33. The molecule has 2 aliphatic heterocycles. The van der Waals surface area contributed by atoms with Crippen LogP contribution in [0.5, 0.6) is 0 Å². The van der Waals surface area contributed by atoms with Gasteiger partial charge >= 0.3 is 12.1 Å². The Morgan fingerprint density at radius 3 is 2.58 bits per heavy atom. The summed E-state index contributed by atoms with van der Waals surface area (Å²) in [6, 6.07) is 0. The van der Waals surface area contributed by atoms with Gasteiger partial charge in [-0.2, -0.15) is 13.2 Å². The minimum Gasteiger partial charge on any atom is -0.501 e. The fourth-order valence-electron chi connectivity index (χ4n) is 9.15. The lowest BCUT2D eigenvalue weighted by Gasteiger charge is -2.61. The molecule has 0 aromatic rings. The van der Waals surface area contributed by atoms with Gasteiger partial charge in [0.25, 0.3) is 0 Å². The number of hydrogen-bond donors (Lipinski definition) is 0. The van der Waals surface area contributed by atoms with E-state index in [-0.39, 0.29) is 38.4 Å². The maximum atomic E-state index is 13.5. The van der Waals surface area contributed by atoms with E-state index in [2.05, 4.69) is 0 Å². The fraction of sp³-hybridized carbons (Fsp3) is 0.778. The molecule has 0 N–H and O–H groups in total. The Hall–Kier alpha value is -1.95. The molecule has 2 saturated carbocycles. The maximum Gasteiger partial charge on any atom is 0.490 e. The lowest BCUT2D eigenvalue weighted by Crippen LogP contribution is -2.66. The number of allylic oxidation sites excluding steroid dienone is 4. The molecule has 0 amide bonds. The monoisotopic (exact) mass is 542 g/mol. The van der Waals surface area contributed by atoms with Gasteiger partial charge in [-0.15, -0.1) is 0 Å². The van der Waals surface area contributed by atoms with E-state index in [1.807, 2.05) is 19.9 Å². The predicted molar refractivity (Wildman–Crippen MR) is 123 cm³/mol. The van der Waals surface area contributed by atoms with E-state index in [1.165, 1.54) is 0 Å². The van der Waals surface area contributed by atoms with Gasteiger partial charge in [0.2, 0.25) is 5.79 Å². The highest BCUT2D eigenvalue weighted by Crippen LogP contribution is 2.72. The zero-order chi connectivity index (χ0) is 27.1. The van der Waals surface area contributed by atoms with Gasteiger partial charge in [-0.05, 0) is 61.2 Å². The van der Waals surface area contributed by atoms with E-state index in [4.69, 9.17) is 28.4 Å². The number of fused-ring (bicyclic) bond motifs is 7. The van der Waals surface area contributed by atoms with Crippen molar-refractivity contribution >= 4 is 12.3 Å². The Bertz CT molecular complexity index is 1090. The van der Waals surface area contributed by atoms with Crippen LogP contribution in [0.1, 0.15) is 52.4 Å². The second kappa shape index (κ2) is 8.52. The van der Waals surface area contributed by atoms with Crippen molar-refractivity contribution < 1.29 is 51.2 Å². The Balaban J connectivity index is 1.49. The molecule has 38 heavy (non-hydrogen) atoms. The second-order valence-corrected chi connectivity index (χ2v) is 12.0. The first kappa shape index (κ1) is 26.3. The summed E-state index contributed by atoms with van der Waals surface area (Å²) < 4.78 is 75.3. The third-order valence-electron chi connectivity index (χ3n) is 10.7. The van der Waals surface area contributed by atoms with Crippen LogP contribution in [0.15, 0.2) is 23.0 Å². The molecule has 6 rings (SSSR count). The molecule has 2 spiro atoms. The summed E-state index contributed by atoms with van der Waals surface area (Å²) in [5, 5.41) is 0. The van der Waals surface area contributed by atoms with Gasteiger partial charge < -0.3 is 28.4 Å². The first-order chi connectivity index (χ1) is 17.9. The summed E-state index contributed by atoms with van der Waals surface area (Å²) in [6.45, 7) is 4.11. The van der Waals surface area contributed by atoms with Crippen molar-refractivity contribution in [3.63, 3.8) is 0 Å². The highest BCUT2D eigenvalue weighted by atomic mass is 19.4. The summed E-state index contributed by atoms with van der Waals surface area (Å²) >= 11 is 0. The molecular formula is C27H33F3O8. The lowest BCUT2D eigenvalue weighted by molar-refractivity contribution is -0.262. The Labute approximate surface area is 218 Å². The maximum absolute atomic E-state index is 13.5. The van der Waals surface area contributed by atoms with Crippen LogP contribution >= 0.6 is 0 Å². The second-order valence-electron chi connectivity index (χ2n) is 12.0. The molecule has 11 heteroatoms. The molecular weight excluding hydrogens is 509 g/mol. The fourth-order valence-corrected chi connectivity index (χ4v) is 9.15. The zero-order valence-electron chi connectivity index (χ0n) is 21.7. The van der Waals surface area contributed by atoms with Crippen LogP contribution in [0, 0.1) is 28.6 Å². The van der Waals surface area contributed by atoms with Crippen LogP contribution in [0.2, 0.25) is 0 Å². The zero-order valence-corrected chi connectivity index (χ0v) is 21.7. The van der Waals surface area contributed by atoms with Gasteiger partial charge in [-0.1, -0.05) is 13.8 Å². The molecule has 210 valence electrons. The van der Waals surface area contributed by atoms with E-state index >= 15 is 0 Å². The standard InChI is InChI=1S/C27H33F3O8/c1-23-6-4-16(33-3)9-19(23)15(11-31)8-17-18-5-7-25(26(37-14-35-25)12-34-13-36-26)24(18,2)10-20(21(17)23)38-22(32)27(28,29)30/h9,11,17-18,20-21H,4-8,10,12-14H2,1-3H3/t17-,18+,20+,21+,23+,24+,25-,26-/m1/s1. The normalized spacial score (nSPS) is 46.0. The molecule has 6 aliphatic rings. The molecule has 2 heterocycles. The number of esters is 1. The summed E-state index contributed by atoms with van der Waals surface area (Å²) in [4.78, 5) is 24.7. The first-order valence-electron chi connectivity index (χ1n) is 13.2. The van der Waals surface area contributed by atoms with Crippen molar-refractivity contribution in [1.82, 2.24) is 0 Å². The van der Waals surface area contributed by atoms with Crippen molar-refractivity contribution in [3.8, 4) is 0 Å². The first-order valence-corrected chi connectivity index (χ1v) is 13.2. The summed E-state index contributed by atoms with van der Waals surface area (Å²) in [6.07, 6.45) is -0.558. The third-order valence-corrected chi connectivity index (χ3v) is 10.7. The molecule has 8 nitrogen and oxygen atoms in total. The smallest absolute Gasteiger partial charge is 0.490 e. The van der Waals surface area contributed by atoms with Gasteiger partial charge in [0.15, 0.2) is 13.6 Å². The molecule has 0 unspecified atom stereocenters. The van der Waals surface area contributed by atoms with Crippen LogP contribution < -0.4 is 0 Å². The number of rotatable bonds is 3. The van der Waals surface area contributed by atoms with Crippen LogP contribution in [0.4, 0.5) is 13.2 Å². The number of alkyl halides is 3. The molecule has 0 aromatic heterocycles. The Morgan fingerprint density at radius 2 is 1.92 bits per heavy atom. The highest BCUT2D eigenvalue weighted by Gasteiger charge is 2.77. The SMILES string of the molecule is COC1=CC2=C(C=O)C[C@H]3[C@@H]([C@@H](OC(=O)C(F)(F)F)C[C@@]4(C)[C@H]3CC[C@@]43OCO[C@]34COCO4)[C@@]2(C)CC1. The quantitative estimate of drug-likeness (QED) is 0.388. The van der Waals surface area contributed by atoms with Crippen LogP contribution in [0.3, 0.4) is 0 Å². The van der Waals surface area contributed by atoms with Gasteiger partial charge in [0.05, 0.1) is 12.9 Å². The van der Waals surface area contributed by atoms with E-state index in [9.17, 15) is 22.8 Å². The molecule has 4 fully saturated rings. The van der Waals surface area contributed by atoms with E-state index in [0.717, 1.165) is 17.6 Å². The topological polar surface area (TPSA) is 89.5 Å². The number of hydrogen-bond acceptors (Lipinski definition) is 8. The van der Waals surface area contributed by atoms with Crippen LogP contribution in [0.25, 0.3) is 0 Å². The summed E-state index contributed by atoms with van der Waals surface area (Å²) in [5.41, 5.74) is -1.04.